The van der Waals surface area contributed by atoms with Crippen LogP contribution in [0.25, 0.3) is 0 Å². The van der Waals surface area contributed by atoms with Gasteiger partial charge in [-0.2, -0.15) is 98.5 Å². The van der Waals surface area contributed by atoms with E-state index in [0.29, 0.717) is 0 Å². The van der Waals surface area contributed by atoms with Crippen LogP contribution in [0.15, 0.2) is 0 Å². The summed E-state index contributed by atoms with van der Waals surface area (Å²) in [6.07, 6.45) is -62.6. The van der Waals surface area contributed by atoms with Gasteiger partial charge in [-0.1, -0.05) is 12.8 Å². The summed E-state index contributed by atoms with van der Waals surface area (Å²) in [7, 11) is 0.488. The molecule has 6 aliphatic carbocycles. The van der Waals surface area contributed by atoms with E-state index in [0.717, 1.165) is 0 Å². The molecule has 6 unspecified atom stereocenters. The van der Waals surface area contributed by atoms with Crippen molar-refractivity contribution in [2.24, 2.45) is 0 Å². The van der Waals surface area contributed by atoms with Gasteiger partial charge in [-0.3, -0.25) is 9.80 Å². The highest BCUT2D eigenvalue weighted by molar-refractivity contribution is 7.77. The first-order valence-electron chi connectivity index (χ1n) is 22.1. The lowest BCUT2D eigenvalue weighted by Crippen LogP contribution is -3.05. The molecule has 0 amide bonds. The average molecular weight is 1060 g/mol. The second kappa shape index (κ2) is 14.7. The van der Waals surface area contributed by atoms with E-state index >= 15 is 65.9 Å². The fourth-order valence-corrected chi connectivity index (χ4v) is 14.6. The molecule has 0 radical (unpaired) electrons. The number of aliphatic hydroxyl groups is 6. The number of hydrogen-bond donors (Lipinski definition) is 7. The van der Waals surface area contributed by atoms with E-state index < -0.39 is 239 Å². The van der Waals surface area contributed by atoms with Crippen LogP contribution >= 0.6 is 12.8 Å². The number of alkyl halides is 18. The monoisotopic (exact) mass is 1060 g/mol. The van der Waals surface area contributed by atoms with Crippen molar-refractivity contribution in [3.8, 4) is 0 Å². The molecule has 31 heteroatoms. The van der Waals surface area contributed by atoms with Crippen LogP contribution in [0.5, 0.6) is 0 Å². The number of hydrogen-bond acceptors (Lipinski definition) is 13. The Labute approximate surface area is 386 Å². The van der Waals surface area contributed by atoms with Gasteiger partial charge in [0.05, 0.1) is 33.2 Å². The molecule has 6 N–H and O–H groups in total. The summed E-state index contributed by atoms with van der Waals surface area (Å²) in [5, 5.41) is 70.2. The maximum Gasteiger partial charge on any atom is 0.434 e. The Morgan fingerprint density at radius 2 is 0.797 bits per heavy atom. The first-order chi connectivity index (χ1) is 31.0. The zero-order chi connectivity index (χ0) is 52.3. The average Bonchev–Trinajstić information content (AvgIpc) is 3.06. The number of rotatable bonds is 7. The topological polar surface area (TPSA) is 141 Å². The summed E-state index contributed by atoms with van der Waals surface area (Å²) in [6, 6.07) is 0. The third-order valence-corrected chi connectivity index (χ3v) is 18.9. The van der Waals surface area contributed by atoms with Crippen LogP contribution in [-0.4, -0.2) is 179 Å². The van der Waals surface area contributed by atoms with Crippen molar-refractivity contribution in [2.75, 3.05) is 14.1 Å². The van der Waals surface area contributed by atoms with Crippen LogP contribution in [0.3, 0.4) is 0 Å². The van der Waals surface area contributed by atoms with Gasteiger partial charge in [-0.25, -0.2) is 0 Å². The molecule has 0 aromatic carbocycles. The van der Waals surface area contributed by atoms with Crippen molar-refractivity contribution < 1.29 is 110 Å². The minimum atomic E-state index is -6.78. The van der Waals surface area contributed by atoms with E-state index in [1.165, 1.54) is 0 Å². The maximum absolute atomic E-state index is 16.8. The van der Waals surface area contributed by atoms with Gasteiger partial charge in [0.1, 0.15) is 0 Å². The molecule has 8 aliphatic rings. The molecule has 8 fully saturated rings. The zero-order valence-electron chi connectivity index (χ0n) is 36.4. The van der Waals surface area contributed by atoms with Crippen LogP contribution in [0, 0.1) is 0 Å². The number of nitrogens with zero attached hydrogens (tertiary/aromatic N) is 6. The predicted octanol–water partition coefficient (Wildman–Crippen LogP) is 6.47. The van der Waals surface area contributed by atoms with Gasteiger partial charge >= 0.3 is 37.1 Å². The van der Waals surface area contributed by atoms with Crippen molar-refractivity contribution in [1.29, 1.82) is 0 Å². The van der Waals surface area contributed by atoms with Crippen LogP contribution in [0.4, 0.5) is 79.0 Å². The molecule has 2 aliphatic heterocycles. The molecule has 400 valence electrons. The predicted molar refractivity (Wildman–Crippen MR) is 198 cm³/mol. The van der Waals surface area contributed by atoms with Crippen molar-refractivity contribution in [3.63, 3.8) is 0 Å². The van der Waals surface area contributed by atoms with E-state index in [9.17, 15) is 43.8 Å². The van der Waals surface area contributed by atoms with E-state index in [1.807, 2.05) is 0 Å². The molecule has 0 aromatic rings. The van der Waals surface area contributed by atoms with Crippen molar-refractivity contribution in [3.05, 3.63) is 0 Å². The molecule has 12 nitrogen and oxygen atoms in total. The number of hydrazine groups is 2. The minimum absolute atomic E-state index is 0.206. The van der Waals surface area contributed by atoms with Crippen molar-refractivity contribution >= 4 is 12.8 Å². The van der Waals surface area contributed by atoms with Gasteiger partial charge in [0.2, 0.25) is 22.9 Å². The van der Waals surface area contributed by atoms with Crippen LogP contribution in [0.2, 0.25) is 0 Å². The SMILES string of the molecule is CN(C1(C(O)C(F)(F)F)CCC1)C(O)(C(F)(F)F)C1(N(S)N2C3(CCC3)C(O)(C(F)(F)F)N(N3C4(CCC4)C(O)(C(F)(F)F)N(C)C4(CCC4)C3(O)C(F)(F)F)C3(CCC3)C2(O)C(F)(F)F)CCC1. The smallest absolute Gasteiger partial charge is 0.382 e. The highest BCUT2D eigenvalue weighted by Crippen LogP contribution is 2.76. The zero-order valence-corrected chi connectivity index (χ0v) is 37.3. The highest BCUT2D eigenvalue weighted by atomic mass is 32.1. The van der Waals surface area contributed by atoms with E-state index in [-0.39, 0.29) is 25.4 Å². The molecule has 6 saturated carbocycles. The third-order valence-electron chi connectivity index (χ3n) is 18.4. The summed E-state index contributed by atoms with van der Waals surface area (Å²) in [5.41, 5.74) is -49.3. The van der Waals surface area contributed by atoms with Crippen LogP contribution in [0.1, 0.15) is 116 Å². The van der Waals surface area contributed by atoms with Gasteiger partial charge in [0.15, 0.2) is 6.10 Å². The van der Waals surface area contributed by atoms with Crippen LogP contribution < -0.4 is 0 Å². The Morgan fingerprint density at radius 1 is 0.478 bits per heavy atom. The number of aliphatic hydroxyl groups excluding tert-OH is 1. The molecular weight excluding hydrogens is 1010 g/mol. The Morgan fingerprint density at radius 3 is 1.04 bits per heavy atom. The van der Waals surface area contributed by atoms with Gasteiger partial charge in [-0.05, 0) is 130 Å². The minimum Gasteiger partial charge on any atom is -0.382 e. The molecule has 2 heterocycles. The third kappa shape index (κ3) is 5.61. The first-order valence-corrected chi connectivity index (χ1v) is 22.5. The van der Waals surface area contributed by atoms with E-state index in [2.05, 4.69) is 12.8 Å². The molecule has 69 heavy (non-hydrogen) atoms. The molecule has 0 aromatic heterocycles. The lowest BCUT2D eigenvalue weighted by molar-refractivity contribution is -0.592. The number of likely N-dealkylation sites (N-methyl/N-ethyl adjacent to an activating group) is 2. The Kier molecular flexibility index (Phi) is 11.5. The van der Waals surface area contributed by atoms with Gasteiger partial charge in [0.25, 0.3) is 5.72 Å². The Balaban J connectivity index is 1.47. The fourth-order valence-electron chi connectivity index (χ4n) is 13.9. The van der Waals surface area contributed by atoms with Gasteiger partial charge in [-0.15, -0.1) is 0 Å². The summed E-state index contributed by atoms with van der Waals surface area (Å²) >= 11 is 3.94. The molecule has 6 atom stereocenters. The summed E-state index contributed by atoms with van der Waals surface area (Å²) < 4.78 is 287. The fraction of sp³-hybridized carbons (Fsp3) is 1.00. The number of thiol groups is 1. The first kappa shape index (κ1) is 53.9. The molecule has 4 spiro atoms. The van der Waals surface area contributed by atoms with Gasteiger partial charge < -0.3 is 30.6 Å². The molecule has 8 rings (SSSR count). The summed E-state index contributed by atoms with van der Waals surface area (Å²) in [5.74, 6) is 0. The Bertz CT molecular complexity index is 2040. The summed E-state index contributed by atoms with van der Waals surface area (Å²) in [6.45, 7) is 0. The highest BCUT2D eigenvalue weighted by Gasteiger charge is 2.97. The number of halogens is 18. The molecule has 2 saturated heterocycles. The standard InChI is InChI=1S/C38H50F18N6O6S/c1-57(22(9-3-10-22)21(63)28(39,40)41)30(65,35(45,46)47)27(19-8-20-27)62(69)61-26(17-7-18-26)32(67,37(51,52)53)60(25(15-6-16-25)33(61,68)38(54,55)56)59-24(13-5-14-24)29(64,34(42,43)44)58(2)23(11-4-12-23)31(59,66)36(48,49)50/h21,63-69H,3-20H2,1-2H3. The number of piperazine rings is 2. The molecule has 0 bridgehead atoms. The lowest BCUT2D eigenvalue weighted by Gasteiger charge is -2.84. The normalized spacial score (nSPS) is 37.2. The van der Waals surface area contributed by atoms with Crippen molar-refractivity contribution in [1.82, 2.24) is 29.2 Å². The second-order valence-corrected chi connectivity index (χ2v) is 20.9. The quantitative estimate of drug-likeness (QED) is 0.0855. The lowest BCUT2D eigenvalue weighted by atomic mass is 9.54. The summed E-state index contributed by atoms with van der Waals surface area (Å²) in [4.78, 5) is -0.757. The van der Waals surface area contributed by atoms with Crippen LogP contribution in [-0.2, 0) is 0 Å². The van der Waals surface area contributed by atoms with Gasteiger partial charge in [0, 0.05) is 0 Å². The largest absolute Gasteiger partial charge is 0.434 e. The van der Waals surface area contributed by atoms with E-state index in [4.69, 9.17) is 0 Å². The van der Waals surface area contributed by atoms with E-state index in [1.54, 1.807) is 0 Å². The molecular formula is C38H50F18N6O6S. The second-order valence-electron chi connectivity index (χ2n) is 20.5. The van der Waals surface area contributed by atoms with Crippen molar-refractivity contribution in [2.45, 2.75) is 221 Å². The Hall–Kier alpha value is -1.39. The maximum atomic E-state index is 16.8.